The molecular weight excluding hydrogens is 227 g/mol. The van der Waals surface area contributed by atoms with Crippen LogP contribution in [0, 0.1) is 17.7 Å². The summed E-state index contributed by atoms with van der Waals surface area (Å²) in [4.78, 5) is 11.0. The van der Waals surface area contributed by atoms with Crippen LogP contribution in [0.4, 0.5) is 4.39 Å². The number of aliphatic hydroxyl groups is 1. The average Bonchev–Trinajstić information content (AvgIpc) is 2.20. The molecule has 1 aromatic carbocycles. The molecule has 0 spiro atoms. The highest BCUT2D eigenvalue weighted by Gasteiger charge is 2.31. The number of aliphatic hydroxyl groups excluding tert-OH is 1. The predicted octanol–water partition coefficient (Wildman–Crippen LogP) is 1.92. The Balaban J connectivity index is 3.05. The molecule has 0 heterocycles. The van der Waals surface area contributed by atoms with Crippen LogP contribution in [-0.4, -0.2) is 21.3 Å². The number of halogens is 1. The van der Waals surface area contributed by atoms with Gasteiger partial charge in [0.2, 0.25) is 0 Å². The van der Waals surface area contributed by atoms with Crippen molar-refractivity contribution in [3.63, 3.8) is 0 Å². The number of hydrogen-bond donors (Lipinski definition) is 3. The lowest BCUT2D eigenvalue weighted by molar-refractivity contribution is -0.148. The lowest BCUT2D eigenvalue weighted by atomic mass is 9.86. The molecule has 1 aromatic rings. The first-order valence-corrected chi connectivity index (χ1v) is 5.24. The van der Waals surface area contributed by atoms with Crippen molar-refractivity contribution in [1.29, 1.82) is 0 Å². The van der Waals surface area contributed by atoms with Gasteiger partial charge in [-0.15, -0.1) is 0 Å². The molecule has 0 aliphatic carbocycles. The summed E-state index contributed by atoms with van der Waals surface area (Å²) in [5.41, 5.74) is 0.140. The van der Waals surface area contributed by atoms with E-state index in [0.717, 1.165) is 12.1 Å². The maximum absolute atomic E-state index is 13.1. The van der Waals surface area contributed by atoms with Crippen LogP contribution in [0.15, 0.2) is 18.2 Å². The Morgan fingerprint density at radius 2 is 1.94 bits per heavy atom. The van der Waals surface area contributed by atoms with E-state index in [1.54, 1.807) is 13.8 Å². The molecule has 4 nitrogen and oxygen atoms in total. The summed E-state index contributed by atoms with van der Waals surface area (Å²) in [7, 11) is 0. The van der Waals surface area contributed by atoms with Crippen molar-refractivity contribution < 1.29 is 24.5 Å². The molecule has 0 aromatic heterocycles. The summed E-state index contributed by atoms with van der Waals surface area (Å²) >= 11 is 0. The van der Waals surface area contributed by atoms with E-state index in [0.29, 0.717) is 0 Å². The van der Waals surface area contributed by atoms with Crippen LogP contribution in [0.2, 0.25) is 0 Å². The van der Waals surface area contributed by atoms with Crippen molar-refractivity contribution in [1.82, 2.24) is 0 Å². The number of phenolic OH excluding ortho intramolecular Hbond substituents is 1. The highest BCUT2D eigenvalue weighted by Crippen LogP contribution is 2.30. The monoisotopic (exact) mass is 242 g/mol. The Labute approximate surface area is 98.3 Å². The summed E-state index contributed by atoms with van der Waals surface area (Å²) in [6.45, 7) is 3.33. The molecule has 2 unspecified atom stereocenters. The smallest absolute Gasteiger partial charge is 0.309 e. The molecule has 17 heavy (non-hydrogen) atoms. The van der Waals surface area contributed by atoms with E-state index >= 15 is 0 Å². The zero-order valence-electron chi connectivity index (χ0n) is 9.59. The summed E-state index contributed by atoms with van der Waals surface area (Å²) < 4.78 is 13.1. The Morgan fingerprint density at radius 1 is 1.35 bits per heavy atom. The topological polar surface area (TPSA) is 77.8 Å². The van der Waals surface area contributed by atoms with Gasteiger partial charge < -0.3 is 15.3 Å². The van der Waals surface area contributed by atoms with Crippen LogP contribution in [-0.2, 0) is 4.79 Å². The molecule has 0 aliphatic heterocycles. The van der Waals surface area contributed by atoms with Crippen LogP contribution in [0.5, 0.6) is 5.75 Å². The zero-order chi connectivity index (χ0) is 13.2. The number of aromatic hydroxyl groups is 1. The van der Waals surface area contributed by atoms with Gasteiger partial charge in [-0.2, -0.15) is 0 Å². The molecule has 1 rings (SSSR count). The van der Waals surface area contributed by atoms with Gasteiger partial charge in [0.25, 0.3) is 0 Å². The van der Waals surface area contributed by atoms with E-state index in [1.165, 1.54) is 6.07 Å². The molecule has 0 fully saturated rings. The van der Waals surface area contributed by atoms with Crippen molar-refractivity contribution in [3.8, 4) is 5.75 Å². The molecule has 0 amide bonds. The van der Waals surface area contributed by atoms with Crippen LogP contribution >= 0.6 is 0 Å². The highest BCUT2D eigenvalue weighted by molar-refractivity contribution is 5.71. The van der Waals surface area contributed by atoms with Gasteiger partial charge in [0.05, 0.1) is 12.0 Å². The van der Waals surface area contributed by atoms with Gasteiger partial charge in [0, 0.05) is 0 Å². The molecule has 0 saturated carbocycles. The first kappa shape index (κ1) is 13.4. The number of carbonyl (C=O) groups is 1. The van der Waals surface area contributed by atoms with Gasteiger partial charge in [0.1, 0.15) is 0 Å². The Hall–Kier alpha value is -1.62. The molecule has 5 heteroatoms. The average molecular weight is 242 g/mol. The number of hydrogen-bond acceptors (Lipinski definition) is 3. The Morgan fingerprint density at radius 3 is 2.35 bits per heavy atom. The molecular formula is C12H15FO4. The molecule has 3 N–H and O–H groups in total. The number of aliphatic carboxylic acids is 1. The molecule has 0 aliphatic rings. The lowest BCUT2D eigenvalue weighted by Gasteiger charge is -2.22. The summed E-state index contributed by atoms with van der Waals surface area (Å²) in [6.07, 6.45) is -1.30. The normalized spacial score (nSPS) is 14.6. The van der Waals surface area contributed by atoms with E-state index in [2.05, 4.69) is 0 Å². The van der Waals surface area contributed by atoms with Gasteiger partial charge in [-0.25, -0.2) is 4.39 Å². The number of phenols is 1. The quantitative estimate of drug-likeness (QED) is 0.753. The number of carboxylic acid groups (broad SMARTS) is 1. The van der Waals surface area contributed by atoms with E-state index in [9.17, 15) is 14.3 Å². The minimum atomic E-state index is -1.30. The number of carboxylic acids is 1. The third kappa shape index (κ3) is 2.94. The first-order valence-electron chi connectivity index (χ1n) is 5.24. The molecule has 0 bridgehead atoms. The lowest BCUT2D eigenvalue weighted by Crippen LogP contribution is -2.26. The van der Waals surface area contributed by atoms with E-state index < -0.39 is 29.6 Å². The second-order valence-corrected chi connectivity index (χ2v) is 4.26. The second kappa shape index (κ2) is 5.14. The number of benzene rings is 1. The van der Waals surface area contributed by atoms with Crippen molar-refractivity contribution in [2.24, 2.45) is 11.8 Å². The number of rotatable bonds is 4. The Bertz CT molecular complexity index is 417. The maximum atomic E-state index is 13.1. The van der Waals surface area contributed by atoms with Crippen LogP contribution in [0.25, 0.3) is 0 Å². The third-order valence-corrected chi connectivity index (χ3v) is 2.66. The third-order valence-electron chi connectivity index (χ3n) is 2.66. The van der Waals surface area contributed by atoms with Gasteiger partial charge in [-0.3, -0.25) is 4.79 Å². The van der Waals surface area contributed by atoms with E-state index in [1.807, 2.05) is 0 Å². The minimum absolute atomic E-state index is 0.140. The molecule has 94 valence electrons. The van der Waals surface area contributed by atoms with Gasteiger partial charge >= 0.3 is 5.97 Å². The zero-order valence-corrected chi connectivity index (χ0v) is 9.59. The maximum Gasteiger partial charge on any atom is 0.309 e. The predicted molar refractivity (Wildman–Crippen MR) is 59.0 cm³/mol. The molecule has 2 atom stereocenters. The van der Waals surface area contributed by atoms with Crippen molar-refractivity contribution in [2.75, 3.05) is 0 Å². The van der Waals surface area contributed by atoms with Crippen LogP contribution < -0.4 is 0 Å². The molecule has 0 radical (unpaired) electrons. The summed E-state index contributed by atoms with van der Waals surface area (Å²) in [5.74, 6) is -3.86. The largest absolute Gasteiger partial charge is 0.505 e. The van der Waals surface area contributed by atoms with Crippen molar-refractivity contribution in [3.05, 3.63) is 29.6 Å². The second-order valence-electron chi connectivity index (χ2n) is 4.26. The van der Waals surface area contributed by atoms with E-state index in [4.69, 9.17) is 10.2 Å². The fourth-order valence-electron chi connectivity index (χ4n) is 1.70. The van der Waals surface area contributed by atoms with E-state index in [-0.39, 0.29) is 11.5 Å². The molecule has 0 saturated heterocycles. The van der Waals surface area contributed by atoms with Crippen LogP contribution in [0.1, 0.15) is 25.5 Å². The standard InChI is InChI=1S/C12H15FO4/c1-6(2)10(12(16)17)11(15)7-3-4-9(14)8(13)5-7/h3-6,10-11,14-15H,1-2H3,(H,16,17). The highest BCUT2D eigenvalue weighted by atomic mass is 19.1. The Kier molecular flexibility index (Phi) is 4.07. The fourth-order valence-corrected chi connectivity index (χ4v) is 1.70. The summed E-state index contributed by atoms with van der Waals surface area (Å²) in [5, 5.41) is 27.9. The van der Waals surface area contributed by atoms with Crippen molar-refractivity contribution in [2.45, 2.75) is 20.0 Å². The van der Waals surface area contributed by atoms with Crippen molar-refractivity contribution >= 4 is 5.97 Å². The van der Waals surface area contributed by atoms with Gasteiger partial charge in [-0.05, 0) is 23.6 Å². The summed E-state index contributed by atoms with van der Waals surface area (Å²) in [6, 6.07) is 3.34. The minimum Gasteiger partial charge on any atom is -0.505 e. The van der Waals surface area contributed by atoms with Crippen LogP contribution in [0.3, 0.4) is 0 Å². The fraction of sp³-hybridized carbons (Fsp3) is 0.417. The van der Waals surface area contributed by atoms with Gasteiger partial charge in [0.15, 0.2) is 11.6 Å². The first-order chi connectivity index (χ1) is 7.84. The van der Waals surface area contributed by atoms with Gasteiger partial charge in [-0.1, -0.05) is 19.9 Å². The SMILES string of the molecule is CC(C)C(C(=O)O)C(O)c1ccc(O)c(F)c1.